The second kappa shape index (κ2) is 6.36. The summed E-state index contributed by atoms with van der Waals surface area (Å²) >= 11 is 11.1. The van der Waals surface area contributed by atoms with Gasteiger partial charge in [-0.3, -0.25) is 4.79 Å². The summed E-state index contributed by atoms with van der Waals surface area (Å²) in [5, 5.41) is 4.16. The predicted octanol–water partition coefficient (Wildman–Crippen LogP) is 4.11. The van der Waals surface area contributed by atoms with Crippen molar-refractivity contribution in [1.82, 2.24) is 5.32 Å². The standard InChI is InChI=1S/C13H11BrClNOS/c14-10-6-7-18-11(10)8-16-13(17)12(15)9-4-2-1-3-5-9/h1-7,12H,8H2,(H,16,17). The molecule has 0 spiro atoms. The lowest BCUT2D eigenvalue weighted by atomic mass is 10.1. The zero-order chi connectivity index (χ0) is 13.0. The zero-order valence-corrected chi connectivity index (χ0v) is 12.6. The number of carbonyl (C=O) groups is 1. The Morgan fingerprint density at radius 3 is 2.67 bits per heavy atom. The third-order valence-electron chi connectivity index (χ3n) is 2.44. The van der Waals surface area contributed by atoms with Gasteiger partial charge < -0.3 is 5.32 Å². The second-order valence-corrected chi connectivity index (χ2v) is 5.97. The van der Waals surface area contributed by atoms with E-state index in [0.717, 1.165) is 14.9 Å². The van der Waals surface area contributed by atoms with Crippen molar-refractivity contribution in [3.05, 3.63) is 56.7 Å². The van der Waals surface area contributed by atoms with Crippen LogP contribution >= 0.6 is 38.9 Å². The number of carbonyl (C=O) groups excluding carboxylic acids is 1. The van der Waals surface area contributed by atoms with Gasteiger partial charge in [-0.1, -0.05) is 30.3 Å². The van der Waals surface area contributed by atoms with Gasteiger partial charge in [-0.25, -0.2) is 0 Å². The minimum atomic E-state index is -0.648. The third kappa shape index (κ3) is 3.34. The summed E-state index contributed by atoms with van der Waals surface area (Å²) in [6.07, 6.45) is 0. The van der Waals surface area contributed by atoms with Crippen LogP contribution in [0.1, 0.15) is 15.8 Å². The number of rotatable bonds is 4. The number of halogens is 2. The van der Waals surface area contributed by atoms with Crippen LogP contribution < -0.4 is 5.32 Å². The molecule has 5 heteroatoms. The molecule has 0 bridgehead atoms. The molecule has 1 unspecified atom stereocenters. The number of hydrogen-bond donors (Lipinski definition) is 1. The molecule has 0 saturated carbocycles. The molecule has 1 amide bonds. The van der Waals surface area contributed by atoms with E-state index in [1.54, 1.807) is 11.3 Å². The molecule has 0 radical (unpaired) electrons. The maximum absolute atomic E-state index is 11.9. The van der Waals surface area contributed by atoms with Crippen LogP contribution in [0.4, 0.5) is 0 Å². The summed E-state index contributed by atoms with van der Waals surface area (Å²) in [5.41, 5.74) is 0.807. The van der Waals surface area contributed by atoms with Crippen LogP contribution in [0, 0.1) is 0 Å². The fourth-order valence-electron chi connectivity index (χ4n) is 1.48. The van der Waals surface area contributed by atoms with Crippen LogP contribution in [-0.4, -0.2) is 5.91 Å². The highest BCUT2D eigenvalue weighted by atomic mass is 79.9. The Bertz CT molecular complexity index is 529. The van der Waals surface area contributed by atoms with Gasteiger partial charge >= 0.3 is 0 Å². The molecule has 1 aromatic heterocycles. The molecule has 0 aliphatic rings. The first kappa shape index (κ1) is 13.6. The molecule has 2 rings (SSSR count). The minimum Gasteiger partial charge on any atom is -0.350 e. The highest BCUT2D eigenvalue weighted by molar-refractivity contribution is 9.10. The average Bonchev–Trinajstić information content (AvgIpc) is 2.81. The lowest BCUT2D eigenvalue weighted by Gasteiger charge is -2.10. The quantitative estimate of drug-likeness (QED) is 0.831. The largest absolute Gasteiger partial charge is 0.350 e. The molecule has 2 nitrogen and oxygen atoms in total. The Kier molecular flexibility index (Phi) is 4.80. The summed E-state index contributed by atoms with van der Waals surface area (Å²) in [7, 11) is 0. The Morgan fingerprint density at radius 1 is 1.33 bits per heavy atom. The van der Waals surface area contributed by atoms with Gasteiger partial charge in [0.1, 0.15) is 5.38 Å². The summed E-state index contributed by atoms with van der Waals surface area (Å²) in [6.45, 7) is 0.493. The number of nitrogens with one attached hydrogen (secondary N) is 1. The zero-order valence-electron chi connectivity index (χ0n) is 9.40. The van der Waals surface area contributed by atoms with E-state index < -0.39 is 5.38 Å². The van der Waals surface area contributed by atoms with Gasteiger partial charge in [0, 0.05) is 9.35 Å². The average molecular weight is 345 g/mol. The van der Waals surface area contributed by atoms with Crippen LogP contribution in [0.15, 0.2) is 46.3 Å². The van der Waals surface area contributed by atoms with Gasteiger partial charge in [0.2, 0.25) is 5.91 Å². The number of benzene rings is 1. The van der Waals surface area contributed by atoms with Gasteiger partial charge in [0.05, 0.1) is 6.54 Å². The summed E-state index contributed by atoms with van der Waals surface area (Å²) in [6, 6.07) is 11.3. The van der Waals surface area contributed by atoms with E-state index >= 15 is 0 Å². The Morgan fingerprint density at radius 2 is 2.06 bits per heavy atom. The molecule has 0 aliphatic carbocycles. The van der Waals surface area contributed by atoms with E-state index in [9.17, 15) is 4.79 Å². The van der Waals surface area contributed by atoms with Crippen LogP contribution in [0.5, 0.6) is 0 Å². The number of thiophene rings is 1. The van der Waals surface area contributed by atoms with Crippen LogP contribution in [0.3, 0.4) is 0 Å². The molecule has 2 aromatic rings. The van der Waals surface area contributed by atoms with E-state index in [2.05, 4.69) is 21.2 Å². The molecule has 18 heavy (non-hydrogen) atoms. The van der Waals surface area contributed by atoms with Crippen molar-refractivity contribution in [1.29, 1.82) is 0 Å². The Hall–Kier alpha value is -0.840. The Labute approximate surface area is 123 Å². The molecule has 1 heterocycles. The van der Waals surface area contributed by atoms with Crippen molar-refractivity contribution < 1.29 is 4.79 Å². The highest BCUT2D eigenvalue weighted by Gasteiger charge is 2.17. The molecule has 94 valence electrons. The Balaban J connectivity index is 1.95. The van der Waals surface area contributed by atoms with Gasteiger partial charge in [0.15, 0.2) is 0 Å². The van der Waals surface area contributed by atoms with Gasteiger partial charge in [-0.2, -0.15) is 0 Å². The third-order valence-corrected chi connectivity index (χ3v) is 4.81. The van der Waals surface area contributed by atoms with Gasteiger partial charge in [-0.15, -0.1) is 22.9 Å². The highest BCUT2D eigenvalue weighted by Crippen LogP contribution is 2.23. The molecule has 0 fully saturated rings. The topological polar surface area (TPSA) is 29.1 Å². The van der Waals surface area contributed by atoms with Crippen molar-refractivity contribution in [2.24, 2.45) is 0 Å². The molecule has 0 saturated heterocycles. The molecular weight excluding hydrogens is 334 g/mol. The summed E-state index contributed by atoms with van der Waals surface area (Å²) in [5.74, 6) is -0.178. The van der Waals surface area contributed by atoms with Gasteiger partial charge in [-0.05, 0) is 32.9 Å². The van der Waals surface area contributed by atoms with Gasteiger partial charge in [0.25, 0.3) is 0 Å². The van der Waals surface area contributed by atoms with Crippen molar-refractivity contribution in [3.8, 4) is 0 Å². The molecular formula is C13H11BrClNOS. The maximum atomic E-state index is 11.9. The lowest BCUT2D eigenvalue weighted by Crippen LogP contribution is -2.26. The van der Waals surface area contributed by atoms with E-state index in [0.29, 0.717) is 6.54 Å². The molecule has 1 atom stereocenters. The van der Waals surface area contributed by atoms with E-state index in [-0.39, 0.29) is 5.91 Å². The normalized spacial score (nSPS) is 12.1. The molecule has 1 N–H and O–H groups in total. The lowest BCUT2D eigenvalue weighted by molar-refractivity contribution is -0.121. The second-order valence-electron chi connectivity index (χ2n) is 3.68. The number of alkyl halides is 1. The molecule has 0 aliphatic heterocycles. The van der Waals surface area contributed by atoms with Crippen molar-refractivity contribution >= 4 is 44.8 Å². The van der Waals surface area contributed by atoms with E-state index in [1.807, 2.05) is 41.8 Å². The smallest absolute Gasteiger partial charge is 0.242 e. The monoisotopic (exact) mass is 343 g/mol. The summed E-state index contributed by atoms with van der Waals surface area (Å²) < 4.78 is 1.01. The first-order valence-corrected chi connectivity index (χ1v) is 7.48. The van der Waals surface area contributed by atoms with Crippen LogP contribution in [-0.2, 0) is 11.3 Å². The SMILES string of the molecule is O=C(NCc1sccc1Br)C(Cl)c1ccccc1. The fourth-order valence-corrected chi connectivity index (χ4v) is 3.14. The first-order valence-electron chi connectivity index (χ1n) is 5.37. The summed E-state index contributed by atoms with van der Waals surface area (Å²) in [4.78, 5) is 13.0. The molecule has 1 aromatic carbocycles. The van der Waals surface area contributed by atoms with Crippen LogP contribution in [0.25, 0.3) is 0 Å². The minimum absolute atomic E-state index is 0.178. The van der Waals surface area contributed by atoms with Crippen molar-refractivity contribution in [3.63, 3.8) is 0 Å². The fraction of sp³-hybridized carbons (Fsp3) is 0.154. The van der Waals surface area contributed by atoms with Crippen molar-refractivity contribution in [2.75, 3.05) is 0 Å². The van der Waals surface area contributed by atoms with E-state index in [4.69, 9.17) is 11.6 Å². The van der Waals surface area contributed by atoms with Crippen molar-refractivity contribution in [2.45, 2.75) is 11.9 Å². The van der Waals surface area contributed by atoms with Crippen LogP contribution in [0.2, 0.25) is 0 Å². The maximum Gasteiger partial charge on any atom is 0.242 e. The number of hydrogen-bond acceptors (Lipinski definition) is 2. The first-order chi connectivity index (χ1) is 8.68. The number of amides is 1. The van der Waals surface area contributed by atoms with E-state index in [1.165, 1.54) is 0 Å². The predicted molar refractivity (Wildman–Crippen MR) is 78.9 cm³/mol.